The lowest BCUT2D eigenvalue weighted by Gasteiger charge is -2.19. The molecule has 0 bridgehead atoms. The molecule has 7 aromatic carbocycles. The highest BCUT2D eigenvalue weighted by atomic mass is 35.5. The number of amides is 4. The van der Waals surface area contributed by atoms with Gasteiger partial charge in [-0.2, -0.15) is 26.3 Å². The average molecular weight is 1230 g/mol. The lowest BCUT2D eigenvalue weighted by Crippen LogP contribution is -2.36. The Balaban J connectivity index is 1.02. The Morgan fingerprint density at radius 1 is 0.463 bits per heavy atom. The van der Waals surface area contributed by atoms with Gasteiger partial charge < -0.3 is 30.7 Å². The van der Waals surface area contributed by atoms with Crippen molar-refractivity contribution in [2.75, 3.05) is 21.3 Å². The van der Waals surface area contributed by atoms with Gasteiger partial charge in [-0.15, -0.1) is 20.5 Å². The van der Waals surface area contributed by atoms with E-state index >= 15 is 0 Å². The van der Waals surface area contributed by atoms with E-state index in [9.17, 15) is 55.1 Å². The van der Waals surface area contributed by atoms with E-state index in [1.54, 1.807) is 0 Å². The summed E-state index contributed by atoms with van der Waals surface area (Å²) in [6, 6.07) is 23.0. The topological polar surface area (TPSA) is 218 Å². The lowest BCUT2D eigenvalue weighted by atomic mass is 10.1. The zero-order valence-corrected chi connectivity index (χ0v) is 45.8. The Morgan fingerprint density at radius 3 is 1.23 bits per heavy atom. The number of Topliss-reactive ketones (excluding diaryl/α,β-unsaturated/α-hetero) is 2. The standard InChI is InChI=1S/C55H37Cl5F6N8O8/c1-26-20-41(68-49(28(3)76)53(80)74-72-43-22-30(5-17-38(43)59)51(78)70-45-24-32(55(64,65)66)7-19-47(45)82-36-14-10-34(57)11-15-36)39(60)25-40(26)67-48(27(2)75)52(79)73-71-42-21-29(4-16-37(42)58)50(77)69-44-23-31(54(61,62)63)6-18-46(44)81-35-12-8-33(56)9-13-35/h4-25,48-49,67-68H,1-3H3,(H,69,77)(H,70,78). The molecule has 4 amide bonds. The minimum atomic E-state index is -4.78. The molecule has 0 heterocycles. The van der Waals surface area contributed by atoms with Crippen LogP contribution >= 0.6 is 58.0 Å². The normalized spacial score (nSPS) is 12.4. The summed E-state index contributed by atoms with van der Waals surface area (Å²) in [7, 11) is 0. The van der Waals surface area contributed by atoms with Crippen molar-refractivity contribution in [2.45, 2.75) is 45.2 Å². The largest absolute Gasteiger partial charge is 0.455 e. The summed E-state index contributed by atoms with van der Waals surface area (Å²) in [5.74, 6) is -5.60. The average Bonchev–Trinajstić information content (AvgIpc) is 3.61. The van der Waals surface area contributed by atoms with Crippen LogP contribution < -0.4 is 30.7 Å². The summed E-state index contributed by atoms with van der Waals surface area (Å²) >= 11 is 31.1. The monoisotopic (exact) mass is 1230 g/mol. The van der Waals surface area contributed by atoms with Crippen LogP contribution in [0.1, 0.15) is 51.3 Å². The molecule has 0 saturated carbocycles. The van der Waals surface area contributed by atoms with Gasteiger partial charge in [-0.3, -0.25) is 28.8 Å². The zero-order valence-electron chi connectivity index (χ0n) is 42.1. The van der Waals surface area contributed by atoms with E-state index in [4.69, 9.17) is 67.5 Å². The number of ether oxygens (including phenoxy) is 2. The molecule has 82 heavy (non-hydrogen) atoms. The van der Waals surface area contributed by atoms with Crippen LogP contribution in [0, 0.1) is 6.92 Å². The van der Waals surface area contributed by atoms with Crippen molar-refractivity contribution < 1.29 is 64.6 Å². The van der Waals surface area contributed by atoms with Crippen molar-refractivity contribution in [1.82, 2.24) is 0 Å². The molecule has 27 heteroatoms. The third kappa shape index (κ3) is 15.9. The molecule has 0 aliphatic heterocycles. The predicted octanol–water partition coefficient (Wildman–Crippen LogP) is 16.7. The van der Waals surface area contributed by atoms with Crippen molar-refractivity contribution in [1.29, 1.82) is 0 Å². The Bertz CT molecular complexity index is 3480. The van der Waals surface area contributed by atoms with Crippen molar-refractivity contribution >= 4 is 127 Å². The third-order valence-electron chi connectivity index (χ3n) is 11.3. The van der Waals surface area contributed by atoms with Gasteiger partial charge in [0.25, 0.3) is 23.6 Å². The van der Waals surface area contributed by atoms with E-state index in [-0.39, 0.29) is 83.3 Å². The molecule has 16 nitrogen and oxygen atoms in total. The molecule has 0 radical (unpaired) electrons. The van der Waals surface area contributed by atoms with Crippen molar-refractivity contribution in [3.8, 4) is 23.0 Å². The highest BCUT2D eigenvalue weighted by molar-refractivity contribution is 6.34. The zero-order chi connectivity index (χ0) is 59.8. The predicted molar refractivity (Wildman–Crippen MR) is 296 cm³/mol. The SMILES string of the molecule is CC(=O)C(Nc1cc(Cl)c(NC(C(C)=O)C(=O)N=Nc2cc(C(=O)Nc3cc(C(F)(F)F)ccc3Oc3ccc(Cl)cc3)ccc2Cl)cc1C)C(=O)N=Nc1cc(C(=O)Nc2cc(C(F)(F)F)ccc2Oc2ccc(Cl)cc2)ccc1Cl. The summed E-state index contributed by atoms with van der Waals surface area (Å²) in [5.41, 5.74) is -3.36. The van der Waals surface area contributed by atoms with Crippen LogP contribution in [0.2, 0.25) is 25.1 Å². The molecule has 0 spiro atoms. The lowest BCUT2D eigenvalue weighted by molar-refractivity contribution is -0.138. The maximum Gasteiger partial charge on any atom is 0.416 e. The first-order valence-corrected chi connectivity index (χ1v) is 25.3. The van der Waals surface area contributed by atoms with Crippen molar-refractivity contribution in [2.24, 2.45) is 20.5 Å². The number of halogens is 11. The fraction of sp³-hybridized carbons (Fsp3) is 0.127. The Morgan fingerprint density at radius 2 is 0.854 bits per heavy atom. The van der Waals surface area contributed by atoms with Gasteiger partial charge in [0.15, 0.2) is 35.1 Å². The second-order valence-electron chi connectivity index (χ2n) is 17.4. The van der Waals surface area contributed by atoms with Crippen LogP contribution in [0.15, 0.2) is 154 Å². The molecule has 0 aliphatic carbocycles. The number of hydrogen-bond donors (Lipinski definition) is 4. The van der Waals surface area contributed by atoms with E-state index in [2.05, 4.69) is 41.7 Å². The van der Waals surface area contributed by atoms with Gasteiger partial charge in [0.2, 0.25) is 0 Å². The number of nitrogens with zero attached hydrogens (tertiary/aromatic N) is 4. The number of ketones is 2. The van der Waals surface area contributed by atoms with Crippen LogP contribution in [0.5, 0.6) is 23.0 Å². The second kappa shape index (κ2) is 26.0. The van der Waals surface area contributed by atoms with Gasteiger partial charge in [-0.1, -0.05) is 58.0 Å². The molecule has 2 unspecified atom stereocenters. The summed E-state index contributed by atoms with van der Waals surface area (Å²) in [5, 5.41) is 25.5. The Kier molecular flexibility index (Phi) is 19.4. The van der Waals surface area contributed by atoms with Crippen molar-refractivity contribution in [3.05, 3.63) is 186 Å². The van der Waals surface area contributed by atoms with Gasteiger partial charge in [0.05, 0.1) is 43.3 Å². The summed E-state index contributed by atoms with van der Waals surface area (Å²) in [6.07, 6.45) is -9.57. The highest BCUT2D eigenvalue weighted by Crippen LogP contribution is 2.40. The first-order chi connectivity index (χ1) is 38.6. The highest BCUT2D eigenvalue weighted by Gasteiger charge is 2.33. The molecular weight excluding hydrogens is 1190 g/mol. The minimum absolute atomic E-state index is 0.00137. The number of aryl methyl sites for hydroxylation is 1. The number of carbonyl (C=O) groups is 6. The molecule has 422 valence electrons. The van der Waals surface area contributed by atoms with Crippen LogP contribution in [0.3, 0.4) is 0 Å². The fourth-order valence-corrected chi connectivity index (χ4v) is 7.93. The Labute approximate surface area is 485 Å². The van der Waals surface area contributed by atoms with Gasteiger partial charge in [-0.05, 0) is 160 Å². The number of benzene rings is 7. The number of rotatable bonds is 18. The van der Waals surface area contributed by atoms with Gasteiger partial charge >= 0.3 is 12.4 Å². The maximum absolute atomic E-state index is 13.7. The first-order valence-electron chi connectivity index (χ1n) is 23.4. The van der Waals surface area contributed by atoms with E-state index in [1.165, 1.54) is 91.9 Å². The number of alkyl halides is 6. The number of nitrogens with one attached hydrogen (secondary N) is 4. The van der Waals surface area contributed by atoms with Crippen LogP contribution in [0.25, 0.3) is 0 Å². The molecule has 0 fully saturated rings. The fourth-order valence-electron chi connectivity index (χ4n) is 7.15. The summed E-state index contributed by atoms with van der Waals surface area (Å²) < 4.78 is 93.8. The van der Waals surface area contributed by atoms with E-state index < -0.39 is 70.8 Å². The Hall–Kier alpha value is -8.41. The van der Waals surface area contributed by atoms with E-state index in [0.717, 1.165) is 50.2 Å². The number of carbonyl (C=O) groups excluding carboxylic acids is 6. The number of azo groups is 2. The minimum Gasteiger partial charge on any atom is -0.455 e. The number of hydrogen-bond acceptors (Lipinski definition) is 12. The first kappa shape index (κ1) is 61.2. The van der Waals surface area contributed by atoms with Gasteiger partial charge in [-0.25, -0.2) is 0 Å². The maximum atomic E-state index is 13.7. The quantitative estimate of drug-likeness (QED) is 0.0362. The smallest absolute Gasteiger partial charge is 0.416 e. The molecule has 0 saturated heterocycles. The summed E-state index contributed by atoms with van der Waals surface area (Å²) in [4.78, 5) is 79.5. The van der Waals surface area contributed by atoms with E-state index in [0.29, 0.717) is 27.7 Å². The molecule has 2 atom stereocenters. The molecule has 7 rings (SSSR count). The van der Waals surface area contributed by atoms with Crippen LogP contribution in [0.4, 0.5) is 60.5 Å². The van der Waals surface area contributed by atoms with Crippen LogP contribution in [-0.4, -0.2) is 47.3 Å². The number of anilines is 4. The third-order valence-corrected chi connectivity index (χ3v) is 12.8. The molecule has 4 N–H and O–H groups in total. The summed E-state index contributed by atoms with van der Waals surface area (Å²) in [6.45, 7) is 3.65. The van der Waals surface area contributed by atoms with Gasteiger partial charge in [0, 0.05) is 26.9 Å². The van der Waals surface area contributed by atoms with E-state index in [1.807, 2.05) is 0 Å². The van der Waals surface area contributed by atoms with Gasteiger partial charge in [0.1, 0.15) is 22.9 Å². The molecule has 0 aliphatic rings. The molecule has 0 aromatic heterocycles. The van der Waals surface area contributed by atoms with Crippen LogP contribution in [-0.2, 0) is 31.5 Å². The van der Waals surface area contributed by atoms with Crippen molar-refractivity contribution in [3.63, 3.8) is 0 Å². The molecule has 7 aromatic rings. The second-order valence-corrected chi connectivity index (χ2v) is 19.5. The molecular formula is C55H37Cl5F6N8O8.